The maximum atomic E-state index is 5.98. The van der Waals surface area contributed by atoms with Crippen LogP contribution < -0.4 is 0 Å². The molecular formula is C15H12ClN5OS2. The first-order valence-corrected chi connectivity index (χ1v) is 9.39. The molecule has 0 radical (unpaired) electrons. The monoisotopic (exact) mass is 377 g/mol. The first-order valence-electron chi connectivity index (χ1n) is 7.15. The predicted octanol–water partition coefficient (Wildman–Crippen LogP) is 4.02. The van der Waals surface area contributed by atoms with E-state index in [1.807, 2.05) is 41.2 Å². The minimum absolute atomic E-state index is 0.534. The van der Waals surface area contributed by atoms with Crippen LogP contribution in [0, 0.1) is 6.92 Å². The number of halogens is 1. The number of fused-ring (bicyclic) bond motifs is 1. The third kappa shape index (κ3) is 3.45. The van der Waals surface area contributed by atoms with Gasteiger partial charge in [0.05, 0.1) is 27.8 Å². The molecule has 0 aromatic carbocycles. The molecule has 4 heterocycles. The van der Waals surface area contributed by atoms with Crippen molar-refractivity contribution in [1.82, 2.24) is 24.6 Å². The van der Waals surface area contributed by atoms with Gasteiger partial charge in [-0.1, -0.05) is 23.4 Å². The Morgan fingerprint density at radius 2 is 2.12 bits per heavy atom. The minimum atomic E-state index is 0.534. The Labute approximate surface area is 150 Å². The molecule has 122 valence electrons. The molecule has 0 N–H and O–H groups in total. The predicted molar refractivity (Wildman–Crippen MR) is 93.7 cm³/mol. The van der Waals surface area contributed by atoms with Crippen LogP contribution in [0.4, 0.5) is 0 Å². The second kappa shape index (κ2) is 6.54. The largest absolute Gasteiger partial charge is 0.416 e. The van der Waals surface area contributed by atoms with Gasteiger partial charge in [-0.3, -0.25) is 0 Å². The molecule has 0 fully saturated rings. The first-order chi connectivity index (χ1) is 11.7. The smallest absolute Gasteiger partial charge is 0.276 e. The molecule has 0 unspecified atom stereocenters. The number of nitrogens with zero attached hydrogens (tertiary/aromatic N) is 5. The van der Waals surface area contributed by atoms with Crippen LogP contribution in [-0.2, 0) is 12.2 Å². The number of imidazole rings is 1. The van der Waals surface area contributed by atoms with Crippen LogP contribution in [0.25, 0.3) is 5.65 Å². The van der Waals surface area contributed by atoms with Gasteiger partial charge in [-0.05, 0) is 19.1 Å². The highest BCUT2D eigenvalue weighted by atomic mass is 35.5. The Bertz CT molecular complexity index is 993. The number of hydrogen-bond donors (Lipinski definition) is 0. The van der Waals surface area contributed by atoms with E-state index >= 15 is 0 Å². The Morgan fingerprint density at radius 1 is 1.21 bits per heavy atom. The third-order valence-corrected chi connectivity index (χ3v) is 5.15. The van der Waals surface area contributed by atoms with Crippen LogP contribution in [0.3, 0.4) is 0 Å². The second-order valence-electron chi connectivity index (χ2n) is 5.13. The zero-order valence-corrected chi connectivity index (χ0v) is 15.0. The molecule has 0 bridgehead atoms. The Hall–Kier alpha value is -1.90. The van der Waals surface area contributed by atoms with E-state index in [9.17, 15) is 0 Å². The molecule has 0 aliphatic carbocycles. The van der Waals surface area contributed by atoms with Gasteiger partial charge in [0.25, 0.3) is 5.22 Å². The van der Waals surface area contributed by atoms with Crippen LogP contribution >= 0.6 is 34.7 Å². The quantitative estimate of drug-likeness (QED) is 0.489. The van der Waals surface area contributed by atoms with Gasteiger partial charge in [-0.15, -0.1) is 21.5 Å². The van der Waals surface area contributed by atoms with Crippen molar-refractivity contribution in [2.75, 3.05) is 0 Å². The van der Waals surface area contributed by atoms with Gasteiger partial charge in [0.1, 0.15) is 5.65 Å². The number of aromatic nitrogens is 5. The molecule has 0 saturated carbocycles. The molecular weight excluding hydrogens is 366 g/mol. The van der Waals surface area contributed by atoms with Gasteiger partial charge in [0.2, 0.25) is 5.89 Å². The molecule has 24 heavy (non-hydrogen) atoms. The highest BCUT2D eigenvalue weighted by molar-refractivity contribution is 7.98. The van der Waals surface area contributed by atoms with Gasteiger partial charge in [-0.2, -0.15) is 0 Å². The van der Waals surface area contributed by atoms with E-state index < -0.39 is 0 Å². The lowest BCUT2D eigenvalue weighted by atomic mass is 10.3. The molecule has 0 spiro atoms. The van der Waals surface area contributed by atoms with Crippen molar-refractivity contribution in [1.29, 1.82) is 0 Å². The lowest BCUT2D eigenvalue weighted by Crippen LogP contribution is -1.88. The van der Waals surface area contributed by atoms with E-state index in [1.54, 1.807) is 11.3 Å². The Balaban J connectivity index is 1.41. The number of aryl methyl sites for hydroxylation is 1. The third-order valence-electron chi connectivity index (χ3n) is 3.26. The molecule has 0 amide bonds. The summed E-state index contributed by atoms with van der Waals surface area (Å²) >= 11 is 9.06. The van der Waals surface area contributed by atoms with Crippen molar-refractivity contribution in [2.45, 2.75) is 24.3 Å². The first kappa shape index (κ1) is 15.6. The van der Waals surface area contributed by atoms with Crippen LogP contribution in [0.1, 0.15) is 22.3 Å². The molecule has 0 atom stereocenters. The number of thiazole rings is 1. The van der Waals surface area contributed by atoms with Crippen molar-refractivity contribution in [3.8, 4) is 0 Å². The molecule has 4 aromatic rings. The van der Waals surface area contributed by atoms with Crippen LogP contribution in [-0.4, -0.2) is 24.6 Å². The SMILES string of the molecule is Cc1nc(Cc2nnc(SCc3cn4cc(Cl)ccc4n3)o2)cs1. The molecule has 4 aromatic heterocycles. The maximum Gasteiger partial charge on any atom is 0.276 e. The summed E-state index contributed by atoms with van der Waals surface area (Å²) in [5.74, 6) is 1.22. The zero-order chi connectivity index (χ0) is 16.5. The summed E-state index contributed by atoms with van der Waals surface area (Å²) in [7, 11) is 0. The van der Waals surface area contributed by atoms with Crippen molar-refractivity contribution >= 4 is 40.3 Å². The summed E-state index contributed by atoms with van der Waals surface area (Å²) in [5.41, 5.74) is 2.74. The average molecular weight is 378 g/mol. The normalized spacial score (nSPS) is 11.4. The summed E-state index contributed by atoms with van der Waals surface area (Å²) in [6, 6.07) is 3.71. The Morgan fingerprint density at radius 3 is 2.96 bits per heavy atom. The van der Waals surface area contributed by atoms with Crippen LogP contribution in [0.5, 0.6) is 0 Å². The Kier molecular flexibility index (Phi) is 4.26. The fourth-order valence-electron chi connectivity index (χ4n) is 2.23. The summed E-state index contributed by atoms with van der Waals surface area (Å²) < 4.78 is 7.57. The van der Waals surface area contributed by atoms with E-state index in [-0.39, 0.29) is 0 Å². The lowest BCUT2D eigenvalue weighted by molar-refractivity contribution is 0.419. The average Bonchev–Trinajstić information content (AvgIpc) is 3.25. The number of hydrogen-bond acceptors (Lipinski definition) is 7. The van der Waals surface area contributed by atoms with Crippen molar-refractivity contribution in [3.63, 3.8) is 0 Å². The van der Waals surface area contributed by atoms with Gasteiger partial charge in [-0.25, -0.2) is 9.97 Å². The topological polar surface area (TPSA) is 69.1 Å². The van der Waals surface area contributed by atoms with E-state index in [0.29, 0.717) is 28.3 Å². The summed E-state index contributed by atoms with van der Waals surface area (Å²) in [6.07, 6.45) is 4.34. The van der Waals surface area contributed by atoms with Crippen molar-refractivity contribution < 1.29 is 4.42 Å². The number of rotatable bonds is 5. The van der Waals surface area contributed by atoms with Crippen LogP contribution in [0.15, 0.2) is 39.5 Å². The van der Waals surface area contributed by atoms with Gasteiger partial charge >= 0.3 is 0 Å². The summed E-state index contributed by atoms with van der Waals surface area (Å²) in [4.78, 5) is 8.93. The standard InChI is InChI=1S/C15H12ClN5OS2/c1-9-17-11(7-23-9)4-14-19-20-15(22-14)24-8-12-6-21-5-10(16)2-3-13(21)18-12/h2-3,5-7H,4,8H2,1H3. The fraction of sp³-hybridized carbons (Fsp3) is 0.200. The van der Waals surface area contributed by atoms with Crippen molar-refractivity contribution in [3.05, 3.63) is 57.2 Å². The van der Waals surface area contributed by atoms with E-state index in [2.05, 4.69) is 20.2 Å². The molecule has 0 aliphatic rings. The molecule has 6 nitrogen and oxygen atoms in total. The van der Waals surface area contributed by atoms with E-state index in [4.69, 9.17) is 16.0 Å². The molecule has 0 saturated heterocycles. The fourth-order valence-corrected chi connectivity index (χ4v) is 3.68. The van der Waals surface area contributed by atoms with E-state index in [0.717, 1.165) is 22.0 Å². The summed E-state index contributed by atoms with van der Waals surface area (Å²) in [5, 5.41) is 12.4. The minimum Gasteiger partial charge on any atom is -0.416 e. The van der Waals surface area contributed by atoms with Gasteiger partial charge < -0.3 is 8.82 Å². The number of thioether (sulfide) groups is 1. The van der Waals surface area contributed by atoms with E-state index in [1.165, 1.54) is 11.8 Å². The highest BCUT2D eigenvalue weighted by Crippen LogP contribution is 2.23. The zero-order valence-electron chi connectivity index (χ0n) is 12.6. The van der Waals surface area contributed by atoms with Crippen LogP contribution in [0.2, 0.25) is 5.02 Å². The molecule has 4 rings (SSSR count). The van der Waals surface area contributed by atoms with Crippen molar-refractivity contribution in [2.24, 2.45) is 0 Å². The highest BCUT2D eigenvalue weighted by Gasteiger charge is 2.11. The second-order valence-corrected chi connectivity index (χ2v) is 7.56. The molecule has 9 heteroatoms. The molecule has 0 aliphatic heterocycles. The number of pyridine rings is 1. The van der Waals surface area contributed by atoms with Gasteiger partial charge in [0, 0.05) is 23.5 Å². The van der Waals surface area contributed by atoms with Gasteiger partial charge in [0.15, 0.2) is 0 Å². The summed E-state index contributed by atoms with van der Waals surface area (Å²) in [6.45, 7) is 1.98. The maximum absolute atomic E-state index is 5.98. The lowest BCUT2D eigenvalue weighted by Gasteiger charge is -1.92.